The van der Waals surface area contributed by atoms with E-state index < -0.39 is 0 Å². The van der Waals surface area contributed by atoms with Crippen LogP contribution in [0.4, 0.5) is 5.82 Å². The third-order valence-corrected chi connectivity index (χ3v) is 4.12. The van der Waals surface area contributed by atoms with Crippen LogP contribution in [0.1, 0.15) is 0 Å². The van der Waals surface area contributed by atoms with Crippen LogP contribution in [0.25, 0.3) is 33.7 Å². The van der Waals surface area contributed by atoms with Gasteiger partial charge in [0.15, 0.2) is 11.5 Å². The van der Waals surface area contributed by atoms with Gasteiger partial charge in [0.25, 0.3) is 0 Å². The summed E-state index contributed by atoms with van der Waals surface area (Å²) in [4.78, 5) is 9.26. The molecule has 0 aliphatic heterocycles. The fourth-order valence-electron chi connectivity index (χ4n) is 2.48. The summed E-state index contributed by atoms with van der Waals surface area (Å²) in [5.74, 6) is 1.10. The molecular weight excluding hydrogens is 354 g/mol. The van der Waals surface area contributed by atoms with Crippen LogP contribution in [-0.4, -0.2) is 20.2 Å². The molecule has 0 saturated carbocycles. The molecule has 0 aliphatic carbocycles. The minimum atomic E-state index is 0.470. The maximum atomic E-state index is 6.03. The van der Waals surface area contributed by atoms with Gasteiger partial charge in [0.1, 0.15) is 5.82 Å². The normalized spacial score (nSPS) is 11.0. The van der Waals surface area contributed by atoms with Gasteiger partial charge in [0, 0.05) is 15.6 Å². The van der Waals surface area contributed by atoms with Crippen molar-refractivity contribution < 1.29 is 0 Å². The molecule has 0 amide bonds. The number of anilines is 1. The Hall–Kier alpha value is -2.73. The molecule has 3 N–H and O–H groups in total. The minimum absolute atomic E-state index is 0.470. The summed E-state index contributed by atoms with van der Waals surface area (Å²) in [5, 5.41) is 7.73. The van der Waals surface area contributed by atoms with E-state index in [1.54, 1.807) is 0 Å². The van der Waals surface area contributed by atoms with E-state index in [1.165, 1.54) is 0 Å². The molecular formula is C17H12BrN5. The highest BCUT2D eigenvalue weighted by molar-refractivity contribution is 9.10. The molecule has 6 heteroatoms. The van der Waals surface area contributed by atoms with Gasteiger partial charge in [-0.1, -0.05) is 58.4 Å². The Bertz CT molecular complexity index is 977. The lowest BCUT2D eigenvalue weighted by Gasteiger charge is -2.07. The molecule has 0 bridgehead atoms. The Morgan fingerprint density at radius 1 is 0.870 bits per heavy atom. The SMILES string of the molecule is Nc1[nH]nc2nc(-c3ccccc3)nc(-c3ccc(Br)cc3)c12. The van der Waals surface area contributed by atoms with Crippen LogP contribution < -0.4 is 5.73 Å². The lowest BCUT2D eigenvalue weighted by molar-refractivity contribution is 1.10. The number of nitrogen functional groups attached to an aromatic ring is 1. The Balaban J connectivity index is 2.01. The summed E-state index contributed by atoms with van der Waals surface area (Å²) in [6.45, 7) is 0. The van der Waals surface area contributed by atoms with Crippen LogP contribution in [0.3, 0.4) is 0 Å². The summed E-state index contributed by atoms with van der Waals surface area (Å²) in [7, 11) is 0. The van der Waals surface area contributed by atoms with Gasteiger partial charge in [-0.2, -0.15) is 5.10 Å². The monoisotopic (exact) mass is 365 g/mol. The molecule has 2 aromatic heterocycles. The number of hydrogen-bond acceptors (Lipinski definition) is 4. The van der Waals surface area contributed by atoms with Crippen molar-refractivity contribution in [2.24, 2.45) is 0 Å². The summed E-state index contributed by atoms with van der Waals surface area (Å²) in [6.07, 6.45) is 0. The Morgan fingerprint density at radius 2 is 1.61 bits per heavy atom. The number of rotatable bonds is 2. The first kappa shape index (κ1) is 13.9. The molecule has 0 radical (unpaired) electrons. The number of nitrogens with two attached hydrogens (primary N) is 1. The van der Waals surface area contributed by atoms with E-state index in [1.807, 2.05) is 54.6 Å². The number of hydrogen-bond donors (Lipinski definition) is 2. The number of benzene rings is 2. The molecule has 0 saturated heterocycles. The summed E-state index contributed by atoms with van der Waals surface area (Å²) < 4.78 is 1.01. The summed E-state index contributed by atoms with van der Waals surface area (Å²) in [6, 6.07) is 17.8. The zero-order valence-electron chi connectivity index (χ0n) is 12.0. The van der Waals surface area contributed by atoms with Crippen molar-refractivity contribution in [2.45, 2.75) is 0 Å². The highest BCUT2D eigenvalue weighted by Gasteiger charge is 2.15. The number of H-pyrrole nitrogens is 1. The smallest absolute Gasteiger partial charge is 0.187 e. The molecule has 0 atom stereocenters. The first-order chi connectivity index (χ1) is 11.2. The predicted molar refractivity (Wildman–Crippen MR) is 94.7 cm³/mol. The highest BCUT2D eigenvalue weighted by Crippen LogP contribution is 2.31. The summed E-state index contributed by atoms with van der Waals surface area (Å²) in [5.41, 5.74) is 9.26. The molecule has 0 spiro atoms. The fraction of sp³-hybridized carbons (Fsp3) is 0. The van der Waals surface area contributed by atoms with Gasteiger partial charge in [0.2, 0.25) is 0 Å². The zero-order valence-corrected chi connectivity index (χ0v) is 13.6. The van der Waals surface area contributed by atoms with Gasteiger partial charge in [-0.15, -0.1) is 0 Å². The average molecular weight is 366 g/mol. The van der Waals surface area contributed by atoms with Crippen LogP contribution in [0.2, 0.25) is 0 Å². The van der Waals surface area contributed by atoms with E-state index in [2.05, 4.69) is 31.1 Å². The van der Waals surface area contributed by atoms with Gasteiger partial charge in [-0.25, -0.2) is 9.97 Å². The van der Waals surface area contributed by atoms with Crippen molar-refractivity contribution in [3.05, 3.63) is 59.1 Å². The first-order valence-corrected chi connectivity index (χ1v) is 7.84. The molecule has 0 aliphatic rings. The van der Waals surface area contributed by atoms with E-state index in [0.29, 0.717) is 17.3 Å². The van der Waals surface area contributed by atoms with Crippen LogP contribution in [0.5, 0.6) is 0 Å². The molecule has 2 heterocycles. The number of aromatic nitrogens is 4. The number of fused-ring (bicyclic) bond motifs is 1. The number of nitrogens with zero attached hydrogens (tertiary/aromatic N) is 3. The third-order valence-electron chi connectivity index (χ3n) is 3.59. The molecule has 4 rings (SSSR count). The number of halogens is 1. The van der Waals surface area contributed by atoms with E-state index in [0.717, 1.165) is 26.7 Å². The average Bonchev–Trinajstić information content (AvgIpc) is 2.97. The van der Waals surface area contributed by atoms with E-state index in [4.69, 9.17) is 10.7 Å². The van der Waals surface area contributed by atoms with Gasteiger partial charge in [-0.05, 0) is 12.1 Å². The van der Waals surface area contributed by atoms with Crippen LogP contribution in [0, 0.1) is 0 Å². The molecule has 5 nitrogen and oxygen atoms in total. The Labute approximate surface area is 140 Å². The van der Waals surface area contributed by atoms with E-state index in [-0.39, 0.29) is 0 Å². The second kappa shape index (κ2) is 5.48. The second-order valence-corrected chi connectivity index (χ2v) is 6.02. The largest absolute Gasteiger partial charge is 0.383 e. The van der Waals surface area contributed by atoms with Gasteiger partial charge >= 0.3 is 0 Å². The van der Waals surface area contributed by atoms with Crippen molar-refractivity contribution >= 4 is 32.8 Å². The fourth-order valence-corrected chi connectivity index (χ4v) is 2.74. The zero-order chi connectivity index (χ0) is 15.8. The summed E-state index contributed by atoms with van der Waals surface area (Å²) >= 11 is 3.45. The quantitative estimate of drug-likeness (QED) is 0.561. The van der Waals surface area contributed by atoms with Gasteiger partial charge in [-0.3, -0.25) is 5.10 Å². The number of nitrogens with one attached hydrogen (secondary N) is 1. The van der Waals surface area contributed by atoms with Crippen LogP contribution >= 0.6 is 15.9 Å². The Morgan fingerprint density at radius 3 is 2.35 bits per heavy atom. The molecule has 4 aromatic rings. The number of aromatic amines is 1. The molecule has 112 valence electrons. The van der Waals surface area contributed by atoms with Crippen molar-refractivity contribution in [1.29, 1.82) is 0 Å². The molecule has 0 fully saturated rings. The predicted octanol–water partition coefficient (Wildman–Crippen LogP) is 4.03. The lowest BCUT2D eigenvalue weighted by atomic mass is 10.1. The van der Waals surface area contributed by atoms with Crippen molar-refractivity contribution in [3.8, 4) is 22.6 Å². The second-order valence-electron chi connectivity index (χ2n) is 5.10. The minimum Gasteiger partial charge on any atom is -0.383 e. The maximum Gasteiger partial charge on any atom is 0.187 e. The van der Waals surface area contributed by atoms with Crippen LogP contribution in [0.15, 0.2) is 59.1 Å². The standard InChI is InChI=1S/C17H12BrN5/c18-12-8-6-10(7-9-12)14-13-15(19)22-23-17(13)21-16(20-14)11-4-2-1-3-5-11/h1-9H,(H3,19,20,21,22,23). The molecule has 0 unspecified atom stereocenters. The van der Waals surface area contributed by atoms with Crippen molar-refractivity contribution in [2.75, 3.05) is 5.73 Å². The molecule has 23 heavy (non-hydrogen) atoms. The van der Waals surface area contributed by atoms with E-state index in [9.17, 15) is 0 Å². The van der Waals surface area contributed by atoms with E-state index >= 15 is 0 Å². The highest BCUT2D eigenvalue weighted by atomic mass is 79.9. The first-order valence-electron chi connectivity index (χ1n) is 7.05. The Kier molecular flexibility index (Phi) is 3.31. The van der Waals surface area contributed by atoms with Crippen molar-refractivity contribution in [1.82, 2.24) is 20.2 Å². The third kappa shape index (κ3) is 2.47. The van der Waals surface area contributed by atoms with Gasteiger partial charge < -0.3 is 5.73 Å². The molecule has 2 aromatic carbocycles. The van der Waals surface area contributed by atoms with Crippen molar-refractivity contribution in [3.63, 3.8) is 0 Å². The lowest BCUT2D eigenvalue weighted by Crippen LogP contribution is -1.95. The topological polar surface area (TPSA) is 80.5 Å². The van der Waals surface area contributed by atoms with Gasteiger partial charge in [0.05, 0.1) is 11.1 Å². The van der Waals surface area contributed by atoms with Crippen LogP contribution in [-0.2, 0) is 0 Å². The maximum absolute atomic E-state index is 6.03.